The summed E-state index contributed by atoms with van der Waals surface area (Å²) in [5, 5.41) is 9.00. The van der Waals surface area contributed by atoms with Crippen molar-refractivity contribution in [3.63, 3.8) is 0 Å². The molecule has 1 aromatic heterocycles. The lowest BCUT2D eigenvalue weighted by molar-refractivity contribution is 1.23. The third kappa shape index (κ3) is 2.95. The fraction of sp³-hybridized carbons (Fsp3) is 0.0513. The topological polar surface area (TPSA) is 12.9 Å². The van der Waals surface area contributed by atoms with E-state index in [1.807, 2.05) is 6.20 Å². The molecule has 40 heavy (non-hydrogen) atoms. The quantitative estimate of drug-likeness (QED) is 0.212. The van der Waals surface area contributed by atoms with Gasteiger partial charge in [0.25, 0.3) is 0 Å². The molecule has 1 nitrogen and oxygen atoms in total. The van der Waals surface area contributed by atoms with Gasteiger partial charge in [-0.25, -0.2) is 0 Å². The summed E-state index contributed by atoms with van der Waals surface area (Å²) >= 11 is 0. The summed E-state index contributed by atoms with van der Waals surface area (Å²) in [7, 11) is 0. The maximum absolute atomic E-state index is 5.08. The van der Waals surface area contributed by atoms with Gasteiger partial charge in [0.05, 0.1) is 5.52 Å². The van der Waals surface area contributed by atoms with E-state index in [1.54, 1.807) is 0 Å². The van der Waals surface area contributed by atoms with Crippen LogP contribution in [0.4, 0.5) is 0 Å². The molecule has 9 rings (SSSR count). The second-order valence-electron chi connectivity index (χ2n) is 11.0. The van der Waals surface area contributed by atoms with Crippen LogP contribution in [0.25, 0.3) is 77.1 Å². The lowest BCUT2D eigenvalue weighted by Crippen LogP contribution is -2.05. The lowest BCUT2D eigenvalue weighted by atomic mass is 9.78. The fourth-order valence-corrected chi connectivity index (χ4v) is 7.27. The van der Waals surface area contributed by atoms with Crippen LogP contribution in [0.3, 0.4) is 0 Å². The Morgan fingerprint density at radius 2 is 1.30 bits per heavy atom. The van der Waals surface area contributed by atoms with E-state index in [0.29, 0.717) is 0 Å². The first-order valence-electron chi connectivity index (χ1n) is 14.1. The number of pyridine rings is 1. The molecule has 1 heterocycles. The predicted molar refractivity (Wildman–Crippen MR) is 170 cm³/mol. The number of allylic oxidation sites excluding steroid dienone is 3. The Morgan fingerprint density at radius 3 is 2.23 bits per heavy atom. The third-order valence-electron chi connectivity index (χ3n) is 8.94. The Morgan fingerprint density at radius 1 is 0.525 bits per heavy atom. The van der Waals surface area contributed by atoms with Crippen LogP contribution < -0.4 is 0 Å². The normalized spacial score (nSPS) is 13.8. The van der Waals surface area contributed by atoms with Gasteiger partial charge in [-0.15, -0.1) is 0 Å². The highest BCUT2D eigenvalue weighted by atomic mass is 14.7. The van der Waals surface area contributed by atoms with Crippen LogP contribution in [0.1, 0.15) is 23.1 Å². The van der Waals surface area contributed by atoms with Crippen LogP contribution in [-0.2, 0) is 6.42 Å². The van der Waals surface area contributed by atoms with E-state index in [9.17, 15) is 0 Å². The highest BCUT2D eigenvalue weighted by molar-refractivity contribution is 6.23. The fourth-order valence-electron chi connectivity index (χ4n) is 7.27. The summed E-state index contributed by atoms with van der Waals surface area (Å²) in [5.74, 6) is 0. The molecule has 2 aliphatic carbocycles. The third-order valence-corrected chi connectivity index (χ3v) is 8.94. The van der Waals surface area contributed by atoms with Crippen molar-refractivity contribution in [1.82, 2.24) is 4.98 Å². The summed E-state index contributed by atoms with van der Waals surface area (Å²) in [6.07, 6.45) is 11.0. The molecule has 0 atom stereocenters. The molecular weight excluding hydrogens is 482 g/mol. The molecule has 186 valence electrons. The highest BCUT2D eigenvalue weighted by Gasteiger charge is 2.25. The molecule has 7 aromatic rings. The van der Waals surface area contributed by atoms with Crippen LogP contribution in [-0.4, -0.2) is 4.98 Å². The minimum atomic E-state index is 0.952. The minimum Gasteiger partial charge on any atom is -0.256 e. The van der Waals surface area contributed by atoms with Crippen molar-refractivity contribution >= 4 is 54.9 Å². The zero-order valence-corrected chi connectivity index (χ0v) is 22.0. The van der Waals surface area contributed by atoms with Crippen molar-refractivity contribution in [2.45, 2.75) is 12.8 Å². The van der Waals surface area contributed by atoms with Crippen molar-refractivity contribution in [2.75, 3.05) is 0 Å². The van der Waals surface area contributed by atoms with Crippen LogP contribution in [0.5, 0.6) is 0 Å². The average molecular weight is 508 g/mol. The van der Waals surface area contributed by atoms with Crippen LogP contribution in [0, 0.1) is 0 Å². The summed E-state index contributed by atoms with van der Waals surface area (Å²) in [6.45, 7) is 0. The first kappa shape index (κ1) is 21.9. The van der Waals surface area contributed by atoms with Gasteiger partial charge in [-0.05, 0) is 90.2 Å². The van der Waals surface area contributed by atoms with Crippen molar-refractivity contribution in [1.29, 1.82) is 0 Å². The van der Waals surface area contributed by atoms with Gasteiger partial charge >= 0.3 is 0 Å². The number of nitrogens with zero attached hydrogens (tertiary/aromatic N) is 1. The summed E-state index contributed by atoms with van der Waals surface area (Å²) in [4.78, 5) is 5.08. The second-order valence-corrected chi connectivity index (χ2v) is 11.0. The summed E-state index contributed by atoms with van der Waals surface area (Å²) in [5.41, 5.74) is 11.8. The van der Waals surface area contributed by atoms with Crippen LogP contribution >= 0.6 is 0 Å². The molecule has 0 aliphatic heterocycles. The smallest absolute Gasteiger partial charge is 0.0793 e. The Balaban J connectivity index is 1.44. The van der Waals surface area contributed by atoms with Crippen molar-refractivity contribution < 1.29 is 0 Å². The van der Waals surface area contributed by atoms with E-state index in [0.717, 1.165) is 18.4 Å². The first-order valence-corrected chi connectivity index (χ1v) is 14.1. The largest absolute Gasteiger partial charge is 0.256 e. The predicted octanol–water partition coefficient (Wildman–Crippen LogP) is 10.4. The van der Waals surface area contributed by atoms with E-state index in [4.69, 9.17) is 4.98 Å². The van der Waals surface area contributed by atoms with E-state index in [-0.39, 0.29) is 0 Å². The zero-order valence-electron chi connectivity index (χ0n) is 22.0. The number of rotatable bonds is 2. The van der Waals surface area contributed by atoms with E-state index in [1.165, 1.54) is 82.2 Å². The van der Waals surface area contributed by atoms with Crippen LogP contribution in [0.2, 0.25) is 0 Å². The number of hydrogen-bond donors (Lipinski definition) is 0. The number of aromatic nitrogens is 1. The maximum Gasteiger partial charge on any atom is 0.0793 e. The van der Waals surface area contributed by atoms with Crippen molar-refractivity contribution in [2.24, 2.45) is 0 Å². The van der Waals surface area contributed by atoms with E-state index in [2.05, 4.69) is 121 Å². The molecule has 0 bridgehead atoms. The van der Waals surface area contributed by atoms with E-state index < -0.39 is 0 Å². The lowest BCUT2D eigenvalue weighted by Gasteiger charge is -2.26. The first-order chi connectivity index (χ1) is 19.9. The standard InChI is InChI=1S/C39H25N/c1-2-12-28-24(8-1)9-6-15-29(28)38-31-14-4-3-13-30(31)37(34-16-7-23-40-39(34)38)33-22-20-27-18-17-25-10-5-11-26-19-21-32(33)36(27)35(25)26/h1-10,12-20,22-23H,11,21H2. The summed E-state index contributed by atoms with van der Waals surface area (Å²) < 4.78 is 0. The molecule has 0 spiro atoms. The average Bonchev–Trinajstić information content (AvgIpc) is 3.02. The van der Waals surface area contributed by atoms with Crippen molar-refractivity contribution in [3.8, 4) is 22.3 Å². The SMILES string of the molecule is C1=Cc2ccc3ccc(-c4c5ccccc5c(-c5cccc6ccccc56)c5ncccc45)c4c3c2C(=CC4)C1. The Labute approximate surface area is 232 Å². The molecule has 0 saturated carbocycles. The Hall–Kier alpha value is -5.01. The van der Waals surface area contributed by atoms with Gasteiger partial charge in [0.2, 0.25) is 0 Å². The molecule has 0 N–H and O–H groups in total. The molecule has 6 aromatic carbocycles. The Bertz CT molecular complexity index is 2200. The molecule has 0 unspecified atom stereocenters. The highest BCUT2D eigenvalue weighted by Crippen LogP contribution is 2.48. The maximum atomic E-state index is 5.08. The second kappa shape index (κ2) is 8.24. The van der Waals surface area contributed by atoms with Gasteiger partial charge in [-0.3, -0.25) is 4.98 Å². The van der Waals surface area contributed by atoms with Gasteiger partial charge in [0, 0.05) is 17.1 Å². The van der Waals surface area contributed by atoms with Gasteiger partial charge in [0.15, 0.2) is 0 Å². The van der Waals surface area contributed by atoms with Gasteiger partial charge in [-0.2, -0.15) is 0 Å². The molecule has 2 aliphatic rings. The number of hydrogen-bond acceptors (Lipinski definition) is 1. The molecule has 1 heteroatoms. The molecule has 0 radical (unpaired) electrons. The summed E-state index contributed by atoms with van der Waals surface area (Å²) in [6, 6.07) is 37.8. The van der Waals surface area contributed by atoms with Gasteiger partial charge in [0.1, 0.15) is 0 Å². The van der Waals surface area contributed by atoms with E-state index >= 15 is 0 Å². The monoisotopic (exact) mass is 507 g/mol. The minimum absolute atomic E-state index is 0.952. The molecule has 0 saturated heterocycles. The van der Waals surface area contributed by atoms with Crippen LogP contribution in [0.15, 0.2) is 121 Å². The molecule has 0 amide bonds. The molecular formula is C39H25N. The van der Waals surface area contributed by atoms with Crippen molar-refractivity contribution in [3.05, 3.63) is 138 Å². The zero-order chi connectivity index (χ0) is 26.2. The van der Waals surface area contributed by atoms with Gasteiger partial charge in [-0.1, -0.05) is 115 Å². The number of fused-ring (bicyclic) bond motifs is 3. The molecule has 0 fully saturated rings. The Kier molecular flexibility index (Phi) is 4.51. The van der Waals surface area contributed by atoms with Gasteiger partial charge < -0.3 is 0 Å². The number of benzene rings is 6.